The summed E-state index contributed by atoms with van der Waals surface area (Å²) in [5.41, 5.74) is 5.72. The van der Waals surface area contributed by atoms with E-state index in [9.17, 15) is 4.79 Å². The first-order valence-corrected chi connectivity index (χ1v) is 8.36. The van der Waals surface area contributed by atoms with Crippen LogP contribution < -0.4 is 16.3 Å². The highest BCUT2D eigenvalue weighted by Gasteiger charge is 2.16. The number of anilines is 1. The Balaban J connectivity index is 2.28. The van der Waals surface area contributed by atoms with Gasteiger partial charge < -0.3 is 5.32 Å². The second-order valence-corrected chi connectivity index (χ2v) is 5.80. The van der Waals surface area contributed by atoms with Crippen molar-refractivity contribution in [1.29, 1.82) is 0 Å². The lowest BCUT2D eigenvalue weighted by Crippen LogP contribution is -2.28. The molecular weight excluding hydrogens is 322 g/mol. The van der Waals surface area contributed by atoms with E-state index in [4.69, 9.17) is 12.2 Å². The van der Waals surface area contributed by atoms with Crippen molar-refractivity contribution in [2.75, 3.05) is 5.32 Å². The minimum atomic E-state index is -0.152. The second-order valence-electron chi connectivity index (χ2n) is 5.39. The molecule has 0 saturated carbocycles. The molecule has 7 heteroatoms. The number of rotatable bonds is 5. The van der Waals surface area contributed by atoms with Gasteiger partial charge in [0.15, 0.2) is 5.11 Å². The lowest BCUT2D eigenvalue weighted by Gasteiger charge is -2.07. The fourth-order valence-corrected chi connectivity index (χ4v) is 2.54. The van der Waals surface area contributed by atoms with E-state index in [1.807, 2.05) is 58.2 Å². The summed E-state index contributed by atoms with van der Waals surface area (Å²) >= 11 is 5.25. The van der Waals surface area contributed by atoms with Crippen LogP contribution in [0.1, 0.15) is 32.4 Å². The predicted molar refractivity (Wildman–Crippen MR) is 103 cm³/mol. The summed E-state index contributed by atoms with van der Waals surface area (Å²) in [6.45, 7) is 5.96. The zero-order chi connectivity index (χ0) is 17.7. The third-order valence-electron chi connectivity index (χ3n) is 3.92. The van der Waals surface area contributed by atoms with Gasteiger partial charge in [0.25, 0.3) is 5.56 Å². The molecule has 6 nitrogen and oxygen atoms in total. The van der Waals surface area contributed by atoms with Crippen molar-refractivity contribution >= 4 is 28.7 Å². The van der Waals surface area contributed by atoms with Crippen molar-refractivity contribution < 1.29 is 0 Å². The number of nitrogens with zero attached hydrogens (tertiary/aromatic N) is 3. The van der Waals surface area contributed by atoms with Gasteiger partial charge in [0.2, 0.25) is 0 Å². The van der Waals surface area contributed by atoms with Crippen molar-refractivity contribution in [2.45, 2.75) is 33.6 Å². The Bertz CT molecular complexity index is 798. The van der Waals surface area contributed by atoms with E-state index in [1.165, 1.54) is 0 Å². The van der Waals surface area contributed by atoms with Crippen LogP contribution in [0.15, 0.2) is 40.2 Å². The molecular formula is C17H23N5OS. The molecule has 0 unspecified atom stereocenters. The molecule has 0 amide bonds. The van der Waals surface area contributed by atoms with E-state index in [-0.39, 0.29) is 5.56 Å². The second kappa shape index (κ2) is 7.92. The Morgan fingerprint density at radius 1 is 1.21 bits per heavy atom. The van der Waals surface area contributed by atoms with Gasteiger partial charge in [-0.15, -0.1) is 0 Å². The fourth-order valence-electron chi connectivity index (χ4n) is 2.39. The van der Waals surface area contributed by atoms with E-state index in [1.54, 1.807) is 9.36 Å². The molecule has 2 rings (SSSR count). The van der Waals surface area contributed by atoms with Gasteiger partial charge in [0.1, 0.15) is 5.69 Å². The predicted octanol–water partition coefficient (Wildman–Crippen LogP) is 2.95. The smallest absolute Gasteiger partial charge is 0.295 e. The van der Waals surface area contributed by atoms with Crippen LogP contribution in [-0.2, 0) is 7.05 Å². The summed E-state index contributed by atoms with van der Waals surface area (Å²) in [4.78, 5) is 12.8. The minimum Gasteiger partial charge on any atom is -0.325 e. The maximum absolute atomic E-state index is 12.8. The Morgan fingerprint density at radius 2 is 1.83 bits per heavy atom. The van der Waals surface area contributed by atoms with Gasteiger partial charge in [-0.25, -0.2) is 4.68 Å². The molecule has 24 heavy (non-hydrogen) atoms. The Labute approximate surface area is 147 Å². The largest absolute Gasteiger partial charge is 0.325 e. The number of hydrogen-bond donors (Lipinski definition) is 2. The maximum atomic E-state index is 12.8. The number of benzene rings is 1. The number of hydrogen-bond acceptors (Lipinski definition) is 3. The lowest BCUT2D eigenvalue weighted by atomic mass is 10.2. The van der Waals surface area contributed by atoms with Gasteiger partial charge in [-0.05, 0) is 44.1 Å². The van der Waals surface area contributed by atoms with Crippen LogP contribution in [0.5, 0.6) is 0 Å². The molecule has 0 aliphatic heterocycles. The summed E-state index contributed by atoms with van der Waals surface area (Å²) in [6.07, 6.45) is 1.72. The summed E-state index contributed by atoms with van der Waals surface area (Å²) in [6, 6.07) is 9.49. The van der Waals surface area contributed by atoms with E-state index < -0.39 is 0 Å². The van der Waals surface area contributed by atoms with Gasteiger partial charge >= 0.3 is 0 Å². The molecule has 0 radical (unpaired) electrons. The quantitative estimate of drug-likeness (QED) is 0.497. The monoisotopic (exact) mass is 345 g/mol. The first-order chi connectivity index (χ1) is 11.5. The Morgan fingerprint density at radius 3 is 2.42 bits per heavy atom. The van der Waals surface area contributed by atoms with Crippen LogP contribution in [0, 0.1) is 6.92 Å². The molecule has 0 aliphatic carbocycles. The molecule has 1 aromatic carbocycles. The van der Waals surface area contributed by atoms with Crippen molar-refractivity contribution in [3.63, 3.8) is 0 Å². The topological polar surface area (TPSA) is 63.4 Å². The zero-order valence-corrected chi connectivity index (χ0v) is 15.3. The maximum Gasteiger partial charge on any atom is 0.295 e. The number of thiocarbonyl (C=S) groups is 1. The van der Waals surface area contributed by atoms with E-state index in [2.05, 4.69) is 15.8 Å². The van der Waals surface area contributed by atoms with Gasteiger partial charge in [0.05, 0.1) is 11.4 Å². The number of hydrazone groups is 1. The van der Waals surface area contributed by atoms with Crippen LogP contribution >= 0.6 is 12.2 Å². The van der Waals surface area contributed by atoms with Crippen LogP contribution in [-0.4, -0.2) is 20.2 Å². The van der Waals surface area contributed by atoms with Gasteiger partial charge in [-0.3, -0.25) is 14.9 Å². The molecule has 1 aromatic heterocycles. The van der Waals surface area contributed by atoms with Crippen LogP contribution in [0.4, 0.5) is 5.69 Å². The highest BCUT2D eigenvalue weighted by Crippen LogP contribution is 2.13. The van der Waals surface area contributed by atoms with Gasteiger partial charge in [-0.1, -0.05) is 32.0 Å². The van der Waals surface area contributed by atoms with Gasteiger partial charge in [-0.2, -0.15) is 5.10 Å². The average Bonchev–Trinajstić information content (AvgIpc) is 2.80. The van der Waals surface area contributed by atoms with Crippen LogP contribution in [0.25, 0.3) is 5.69 Å². The van der Waals surface area contributed by atoms with E-state index in [0.717, 1.165) is 29.9 Å². The lowest BCUT2D eigenvalue weighted by molar-refractivity contribution is 0.630. The molecule has 0 bridgehead atoms. The average molecular weight is 345 g/mol. The fraction of sp³-hybridized carbons (Fsp3) is 0.353. The van der Waals surface area contributed by atoms with Crippen LogP contribution in [0.2, 0.25) is 0 Å². The normalized spacial score (nSPS) is 10.3. The first kappa shape index (κ1) is 17.9. The highest BCUT2D eigenvalue weighted by molar-refractivity contribution is 7.80. The standard InChI is InChI=1S/C17H23N5OS/c1-5-13(6-2)19-20-17(24)18-15-12(3)21(4)22(16(15)23)14-10-8-7-9-11-14/h7-11H,5-6H2,1-4H3,(H2,18,20,24). The first-order valence-electron chi connectivity index (χ1n) is 7.96. The molecule has 0 spiro atoms. The minimum absolute atomic E-state index is 0.152. The molecule has 0 atom stereocenters. The van der Waals surface area contributed by atoms with Crippen molar-refractivity contribution in [3.05, 3.63) is 46.4 Å². The number of aromatic nitrogens is 2. The molecule has 0 saturated heterocycles. The van der Waals surface area contributed by atoms with E-state index in [0.29, 0.717) is 10.8 Å². The summed E-state index contributed by atoms with van der Waals surface area (Å²) in [5, 5.41) is 7.53. The number of para-hydroxylation sites is 1. The van der Waals surface area contributed by atoms with Crippen molar-refractivity contribution in [3.8, 4) is 5.69 Å². The van der Waals surface area contributed by atoms with Crippen LogP contribution in [0.3, 0.4) is 0 Å². The number of nitrogens with one attached hydrogen (secondary N) is 2. The van der Waals surface area contributed by atoms with Crippen molar-refractivity contribution in [2.24, 2.45) is 12.1 Å². The molecule has 2 N–H and O–H groups in total. The third kappa shape index (κ3) is 3.73. The Hall–Kier alpha value is -2.41. The summed E-state index contributed by atoms with van der Waals surface area (Å²) < 4.78 is 3.41. The van der Waals surface area contributed by atoms with Gasteiger partial charge in [0, 0.05) is 12.8 Å². The molecule has 128 valence electrons. The van der Waals surface area contributed by atoms with Crippen molar-refractivity contribution in [1.82, 2.24) is 14.8 Å². The Kier molecular flexibility index (Phi) is 5.92. The highest BCUT2D eigenvalue weighted by atomic mass is 32.1. The summed E-state index contributed by atoms with van der Waals surface area (Å²) in [7, 11) is 1.84. The third-order valence-corrected chi connectivity index (χ3v) is 4.12. The molecule has 1 heterocycles. The zero-order valence-electron chi connectivity index (χ0n) is 14.5. The molecule has 0 fully saturated rings. The summed E-state index contributed by atoms with van der Waals surface area (Å²) in [5.74, 6) is 0. The SMILES string of the molecule is CCC(CC)=NNC(=S)Nc1c(C)n(C)n(-c2ccccc2)c1=O. The molecule has 2 aromatic rings. The van der Waals surface area contributed by atoms with E-state index >= 15 is 0 Å². The molecule has 0 aliphatic rings.